The van der Waals surface area contributed by atoms with E-state index in [0.717, 1.165) is 22.6 Å². The molecule has 2 aromatic heterocycles. The SMILES string of the molecule is O=C(N/N=C/c1cn(-c2ccccc2)nc1-c1ccc2c(c1)OCCO2)c1ccccc1NS(=O)(=O)c1cccs1. The maximum Gasteiger partial charge on any atom is 0.273 e. The van der Waals surface area contributed by atoms with Crippen molar-refractivity contribution < 1.29 is 22.7 Å². The molecule has 10 nitrogen and oxygen atoms in total. The normalized spacial score (nSPS) is 12.8. The number of carbonyl (C=O) groups is 1. The summed E-state index contributed by atoms with van der Waals surface area (Å²) in [7, 11) is -3.84. The van der Waals surface area contributed by atoms with Gasteiger partial charge in [0.15, 0.2) is 11.5 Å². The summed E-state index contributed by atoms with van der Waals surface area (Å²) < 4.78 is 41.2. The number of amides is 1. The highest BCUT2D eigenvalue weighted by Crippen LogP contribution is 2.35. The molecule has 1 aliphatic heterocycles. The van der Waals surface area contributed by atoms with E-state index in [1.165, 1.54) is 24.4 Å². The second-order valence-electron chi connectivity index (χ2n) is 8.85. The summed E-state index contributed by atoms with van der Waals surface area (Å²) in [6.07, 6.45) is 3.30. The number of benzene rings is 3. The second-order valence-corrected chi connectivity index (χ2v) is 11.7. The lowest BCUT2D eigenvalue weighted by Gasteiger charge is -2.18. The van der Waals surface area contributed by atoms with Gasteiger partial charge in [-0.05, 0) is 53.9 Å². The van der Waals surface area contributed by atoms with Crippen molar-refractivity contribution in [1.82, 2.24) is 15.2 Å². The summed E-state index contributed by atoms with van der Waals surface area (Å²) in [5.41, 5.74) is 5.65. The van der Waals surface area contributed by atoms with E-state index in [-0.39, 0.29) is 15.5 Å². The topological polar surface area (TPSA) is 124 Å². The smallest absolute Gasteiger partial charge is 0.273 e. The minimum atomic E-state index is -3.84. The number of nitrogens with one attached hydrogen (secondary N) is 2. The molecule has 206 valence electrons. The maximum atomic E-state index is 13.1. The number of carbonyl (C=O) groups excluding carboxylic acids is 1. The summed E-state index contributed by atoms with van der Waals surface area (Å²) in [6, 6.07) is 24.7. The third-order valence-electron chi connectivity index (χ3n) is 6.12. The molecule has 1 amide bonds. The van der Waals surface area contributed by atoms with Crippen molar-refractivity contribution in [3.8, 4) is 28.4 Å². The zero-order valence-corrected chi connectivity index (χ0v) is 23.1. The van der Waals surface area contributed by atoms with E-state index in [9.17, 15) is 13.2 Å². The molecule has 0 saturated heterocycles. The van der Waals surface area contributed by atoms with Crippen molar-refractivity contribution in [2.24, 2.45) is 5.10 Å². The number of fused-ring (bicyclic) bond motifs is 1. The van der Waals surface area contributed by atoms with Gasteiger partial charge in [-0.1, -0.05) is 36.4 Å². The number of para-hydroxylation sites is 2. The van der Waals surface area contributed by atoms with Crippen LogP contribution in [0, 0.1) is 0 Å². The lowest BCUT2D eigenvalue weighted by Crippen LogP contribution is -2.21. The molecule has 1 aliphatic rings. The van der Waals surface area contributed by atoms with Gasteiger partial charge in [-0.25, -0.2) is 18.5 Å². The van der Waals surface area contributed by atoms with Gasteiger partial charge in [0.25, 0.3) is 15.9 Å². The van der Waals surface area contributed by atoms with Crippen LogP contribution in [0.4, 0.5) is 5.69 Å². The fraction of sp³-hybridized carbons (Fsp3) is 0.0690. The van der Waals surface area contributed by atoms with Crippen LogP contribution >= 0.6 is 11.3 Å². The molecular formula is C29H23N5O5S2. The van der Waals surface area contributed by atoms with Crippen molar-refractivity contribution in [3.05, 3.63) is 108 Å². The Bertz CT molecular complexity index is 1830. The lowest BCUT2D eigenvalue weighted by molar-refractivity contribution is 0.0956. The Morgan fingerprint density at radius 3 is 2.54 bits per heavy atom. The number of thiophene rings is 1. The van der Waals surface area contributed by atoms with E-state index >= 15 is 0 Å². The third kappa shape index (κ3) is 5.69. The molecule has 0 bridgehead atoms. The van der Waals surface area contributed by atoms with Crippen LogP contribution in [-0.4, -0.2) is 43.5 Å². The van der Waals surface area contributed by atoms with Gasteiger partial charge in [0.2, 0.25) is 0 Å². The number of aromatic nitrogens is 2. The molecule has 0 unspecified atom stereocenters. The van der Waals surface area contributed by atoms with Gasteiger partial charge in [-0.15, -0.1) is 11.3 Å². The predicted octanol–water partition coefficient (Wildman–Crippen LogP) is 4.94. The van der Waals surface area contributed by atoms with Crippen LogP contribution in [0.2, 0.25) is 0 Å². The number of sulfonamides is 1. The summed E-state index contributed by atoms with van der Waals surface area (Å²) >= 11 is 1.08. The Labute approximate surface area is 239 Å². The fourth-order valence-electron chi connectivity index (χ4n) is 4.21. The molecule has 0 fully saturated rings. The maximum absolute atomic E-state index is 13.1. The van der Waals surface area contributed by atoms with Crippen molar-refractivity contribution in [1.29, 1.82) is 0 Å². The molecule has 0 saturated carbocycles. The largest absolute Gasteiger partial charge is 0.486 e. The average molecular weight is 586 g/mol. The highest BCUT2D eigenvalue weighted by molar-refractivity contribution is 7.94. The highest BCUT2D eigenvalue weighted by atomic mass is 32.2. The number of nitrogens with zero attached hydrogens (tertiary/aromatic N) is 3. The number of hydrazone groups is 1. The Hall–Kier alpha value is -4.94. The molecule has 0 spiro atoms. The molecule has 0 aliphatic carbocycles. The fourth-order valence-corrected chi connectivity index (χ4v) is 6.28. The zero-order valence-electron chi connectivity index (χ0n) is 21.4. The number of ether oxygens (including phenoxy) is 2. The van der Waals surface area contributed by atoms with E-state index in [0.29, 0.717) is 36.0 Å². The van der Waals surface area contributed by atoms with Crippen LogP contribution < -0.4 is 19.6 Å². The Kier molecular flexibility index (Phi) is 7.23. The molecule has 5 aromatic rings. The molecule has 0 radical (unpaired) electrons. The second kappa shape index (κ2) is 11.3. The minimum Gasteiger partial charge on any atom is -0.486 e. The van der Waals surface area contributed by atoms with Gasteiger partial charge < -0.3 is 9.47 Å². The van der Waals surface area contributed by atoms with Gasteiger partial charge in [-0.3, -0.25) is 9.52 Å². The number of hydrogen-bond donors (Lipinski definition) is 2. The van der Waals surface area contributed by atoms with Crippen LogP contribution in [0.15, 0.2) is 106 Å². The first-order chi connectivity index (χ1) is 20.0. The molecule has 3 heterocycles. The van der Waals surface area contributed by atoms with Crippen LogP contribution in [0.3, 0.4) is 0 Å². The molecular weight excluding hydrogens is 562 g/mol. The predicted molar refractivity (Wildman–Crippen MR) is 157 cm³/mol. The van der Waals surface area contributed by atoms with Gasteiger partial charge in [0.1, 0.15) is 23.1 Å². The summed E-state index contributed by atoms with van der Waals surface area (Å²) in [5, 5.41) is 10.6. The highest BCUT2D eigenvalue weighted by Gasteiger charge is 2.20. The molecule has 2 N–H and O–H groups in total. The van der Waals surface area contributed by atoms with Crippen molar-refractivity contribution in [2.45, 2.75) is 4.21 Å². The van der Waals surface area contributed by atoms with Crippen LogP contribution in [0.5, 0.6) is 11.5 Å². The summed E-state index contributed by atoms with van der Waals surface area (Å²) in [4.78, 5) is 13.1. The van der Waals surface area contributed by atoms with E-state index in [1.54, 1.807) is 34.5 Å². The van der Waals surface area contributed by atoms with Crippen molar-refractivity contribution >= 4 is 39.2 Å². The minimum absolute atomic E-state index is 0.122. The monoisotopic (exact) mass is 585 g/mol. The molecule has 3 aromatic carbocycles. The molecule has 12 heteroatoms. The Morgan fingerprint density at radius 1 is 0.951 bits per heavy atom. The van der Waals surface area contributed by atoms with Gasteiger partial charge in [0.05, 0.1) is 23.2 Å². The lowest BCUT2D eigenvalue weighted by atomic mass is 10.1. The Balaban J connectivity index is 1.27. The van der Waals surface area contributed by atoms with Crippen molar-refractivity contribution in [3.63, 3.8) is 0 Å². The number of anilines is 1. The summed E-state index contributed by atoms with van der Waals surface area (Å²) in [6.45, 7) is 0.950. The van der Waals surface area contributed by atoms with E-state index < -0.39 is 15.9 Å². The van der Waals surface area contributed by atoms with E-state index in [2.05, 4.69) is 15.2 Å². The number of rotatable bonds is 8. The van der Waals surface area contributed by atoms with Crippen molar-refractivity contribution in [2.75, 3.05) is 17.9 Å². The van der Waals surface area contributed by atoms with Gasteiger partial charge >= 0.3 is 0 Å². The molecule has 41 heavy (non-hydrogen) atoms. The first-order valence-corrected chi connectivity index (χ1v) is 14.9. The third-order valence-corrected chi connectivity index (χ3v) is 8.89. The van der Waals surface area contributed by atoms with E-state index in [4.69, 9.17) is 14.6 Å². The quantitative estimate of drug-likeness (QED) is 0.197. The molecule has 0 atom stereocenters. The average Bonchev–Trinajstić information content (AvgIpc) is 3.69. The first-order valence-electron chi connectivity index (χ1n) is 12.5. The van der Waals surface area contributed by atoms with Gasteiger partial charge in [-0.2, -0.15) is 10.2 Å². The van der Waals surface area contributed by atoms with E-state index in [1.807, 2.05) is 48.5 Å². The van der Waals surface area contributed by atoms with Gasteiger partial charge in [0, 0.05) is 17.3 Å². The number of hydrogen-bond acceptors (Lipinski definition) is 8. The summed E-state index contributed by atoms with van der Waals surface area (Å²) in [5.74, 6) is 0.709. The van der Waals surface area contributed by atoms with Crippen LogP contribution in [-0.2, 0) is 10.0 Å². The Morgan fingerprint density at radius 2 is 1.73 bits per heavy atom. The van der Waals surface area contributed by atoms with Crippen LogP contribution in [0.1, 0.15) is 15.9 Å². The molecule has 6 rings (SSSR count). The zero-order chi connectivity index (χ0) is 28.2. The first kappa shape index (κ1) is 26.3. The van der Waals surface area contributed by atoms with Crippen LogP contribution in [0.25, 0.3) is 16.9 Å². The standard InChI is InChI=1S/C29H23N5O5S2/c35-29(23-9-4-5-10-24(23)33-41(36,37)27-11-6-16-40-27)31-30-18-21-19-34(22-7-2-1-3-8-22)32-28(21)20-12-13-25-26(17-20)39-15-14-38-25/h1-13,16-19,33H,14-15H2,(H,31,35)/b30-18+.